The summed E-state index contributed by atoms with van der Waals surface area (Å²) in [7, 11) is 0. The fourth-order valence-corrected chi connectivity index (χ4v) is 1.38. The minimum atomic E-state index is -1.10. The molecular weight excluding hydrogens is 296 g/mol. The van der Waals surface area contributed by atoms with E-state index in [1.165, 1.54) is 12.8 Å². The molecule has 0 unspecified atom stereocenters. The summed E-state index contributed by atoms with van der Waals surface area (Å²) in [5.41, 5.74) is 0. The summed E-state index contributed by atoms with van der Waals surface area (Å²) >= 11 is 0. The number of unbranched alkanes of at least 4 members (excludes halogenated alkanes) is 6. The predicted octanol–water partition coefficient (Wildman–Crippen LogP) is 1.36. The Hall–Kier alpha value is -0.320. The summed E-state index contributed by atoms with van der Waals surface area (Å²) in [5, 5.41) is 19.7. The van der Waals surface area contributed by atoms with Crippen LogP contribution in [0.1, 0.15) is 65.2 Å². The number of aliphatic carboxylic acids is 2. The summed E-state index contributed by atoms with van der Waals surface area (Å²) in [6.45, 7) is 4.23. The Morgan fingerprint density at radius 2 is 1.10 bits per heavy atom. The van der Waals surface area contributed by atoms with Crippen molar-refractivity contribution in [1.82, 2.24) is 0 Å². The molecule has 0 aromatic rings. The smallest absolute Gasteiger partial charge is 0.545 e. The van der Waals surface area contributed by atoms with Crippen molar-refractivity contribution >= 4 is 49.7 Å². The first kappa shape index (κ1) is 25.6. The molecule has 0 N–H and O–H groups in total. The van der Waals surface area contributed by atoms with Crippen LogP contribution in [0.2, 0.25) is 0 Å². The second-order valence-corrected chi connectivity index (χ2v) is 4.43. The molecule has 0 saturated carbocycles. The van der Waals surface area contributed by atoms with E-state index in [1.54, 1.807) is 12.2 Å². The second-order valence-electron chi connectivity index (χ2n) is 4.43. The standard InChI is InChI=1S/2C8H14O2.Ca/c2*1-2-3-4-5-6-7-8(9)10;/h2*6-7H,2-5H2,1H3,(H,9,10);/q;;+2/p-2/b2*7-6+;. The molecule has 0 fully saturated rings. The van der Waals surface area contributed by atoms with Gasteiger partial charge in [-0.2, -0.15) is 0 Å². The van der Waals surface area contributed by atoms with E-state index in [9.17, 15) is 19.8 Å². The zero-order valence-electron chi connectivity index (χ0n) is 13.3. The van der Waals surface area contributed by atoms with Crippen LogP contribution < -0.4 is 10.2 Å². The van der Waals surface area contributed by atoms with Gasteiger partial charge in [0.15, 0.2) is 0 Å². The molecule has 5 heteroatoms. The SMILES string of the molecule is CCCCC/C=C/C(=O)[O-].CCCCC/C=C/C(=O)[O-].[Ca+2]. The van der Waals surface area contributed by atoms with Crippen molar-refractivity contribution < 1.29 is 19.8 Å². The van der Waals surface area contributed by atoms with Crippen molar-refractivity contribution in [2.24, 2.45) is 0 Å². The van der Waals surface area contributed by atoms with E-state index in [-0.39, 0.29) is 37.7 Å². The summed E-state index contributed by atoms with van der Waals surface area (Å²) in [4.78, 5) is 19.7. The number of carbonyl (C=O) groups excluding carboxylic acids is 2. The van der Waals surface area contributed by atoms with E-state index < -0.39 is 11.9 Å². The molecule has 0 aliphatic rings. The van der Waals surface area contributed by atoms with Crippen LogP contribution >= 0.6 is 0 Å². The van der Waals surface area contributed by atoms with Crippen LogP contribution in [0, 0.1) is 0 Å². The van der Waals surface area contributed by atoms with Crippen LogP contribution in [-0.2, 0) is 9.59 Å². The summed E-state index contributed by atoms with van der Waals surface area (Å²) in [5.74, 6) is -2.20. The number of hydrogen-bond donors (Lipinski definition) is 0. The van der Waals surface area contributed by atoms with E-state index in [0.717, 1.165) is 50.7 Å². The van der Waals surface area contributed by atoms with Crippen molar-refractivity contribution in [3.8, 4) is 0 Å². The summed E-state index contributed by atoms with van der Waals surface area (Å²) < 4.78 is 0. The van der Waals surface area contributed by atoms with Crippen LogP contribution in [0.3, 0.4) is 0 Å². The van der Waals surface area contributed by atoms with Crippen molar-refractivity contribution in [3.05, 3.63) is 24.3 Å². The number of carboxylic acid groups (broad SMARTS) is 2. The zero-order chi connectivity index (χ0) is 15.6. The molecule has 0 aromatic carbocycles. The van der Waals surface area contributed by atoms with Gasteiger partial charge in [-0.15, -0.1) is 0 Å². The predicted molar refractivity (Wildman–Crippen MR) is 82.3 cm³/mol. The molecule has 0 saturated heterocycles. The van der Waals surface area contributed by atoms with E-state index >= 15 is 0 Å². The number of hydrogen-bond acceptors (Lipinski definition) is 4. The van der Waals surface area contributed by atoms with Gasteiger partial charge >= 0.3 is 37.7 Å². The molecule has 4 nitrogen and oxygen atoms in total. The maximum atomic E-state index is 9.83. The van der Waals surface area contributed by atoms with Gasteiger partial charge < -0.3 is 19.8 Å². The van der Waals surface area contributed by atoms with Crippen molar-refractivity contribution in [1.29, 1.82) is 0 Å². The third kappa shape index (κ3) is 32.9. The van der Waals surface area contributed by atoms with Crippen LogP contribution in [0.15, 0.2) is 24.3 Å². The van der Waals surface area contributed by atoms with Crippen LogP contribution in [0.25, 0.3) is 0 Å². The Bertz CT molecular complexity index is 269. The van der Waals surface area contributed by atoms with Gasteiger partial charge in [-0.3, -0.25) is 0 Å². The van der Waals surface area contributed by atoms with E-state index in [2.05, 4.69) is 13.8 Å². The molecule has 0 radical (unpaired) electrons. The van der Waals surface area contributed by atoms with Gasteiger partial charge in [0.25, 0.3) is 0 Å². The molecule has 0 spiro atoms. The first-order valence-electron chi connectivity index (χ1n) is 7.29. The van der Waals surface area contributed by atoms with Crippen LogP contribution in [-0.4, -0.2) is 49.7 Å². The molecule has 0 rings (SSSR count). The fourth-order valence-electron chi connectivity index (χ4n) is 1.38. The van der Waals surface area contributed by atoms with E-state index in [0.29, 0.717) is 0 Å². The van der Waals surface area contributed by atoms with Gasteiger partial charge in [0.1, 0.15) is 0 Å². The fraction of sp³-hybridized carbons (Fsp3) is 0.625. The van der Waals surface area contributed by atoms with Crippen LogP contribution in [0.4, 0.5) is 0 Å². The Kier molecular flexibility index (Phi) is 26.8. The molecule has 0 heterocycles. The minimum absolute atomic E-state index is 0. The number of carbonyl (C=O) groups is 2. The van der Waals surface area contributed by atoms with Gasteiger partial charge in [-0.25, -0.2) is 0 Å². The monoisotopic (exact) mass is 322 g/mol. The minimum Gasteiger partial charge on any atom is -0.545 e. The molecule has 0 atom stereocenters. The molecule has 0 aromatic heterocycles. The van der Waals surface area contributed by atoms with Gasteiger partial charge in [0, 0.05) is 0 Å². The van der Waals surface area contributed by atoms with E-state index in [4.69, 9.17) is 0 Å². The topological polar surface area (TPSA) is 80.3 Å². The average molecular weight is 322 g/mol. The summed E-state index contributed by atoms with van der Waals surface area (Å²) in [6.07, 6.45) is 14.0. The normalized spacial score (nSPS) is 10.0. The number of carboxylic acids is 2. The maximum absolute atomic E-state index is 9.83. The largest absolute Gasteiger partial charge is 2.00 e. The first-order valence-corrected chi connectivity index (χ1v) is 7.29. The van der Waals surface area contributed by atoms with Gasteiger partial charge in [0.2, 0.25) is 0 Å². The Morgan fingerprint density at radius 3 is 1.33 bits per heavy atom. The zero-order valence-corrected chi connectivity index (χ0v) is 15.5. The molecule has 0 amide bonds. The third-order valence-electron chi connectivity index (χ3n) is 2.46. The number of rotatable bonds is 10. The maximum Gasteiger partial charge on any atom is 2.00 e. The molecule has 0 aliphatic carbocycles. The Balaban J connectivity index is -0.000000295. The molecule has 0 bridgehead atoms. The summed E-state index contributed by atoms with van der Waals surface area (Å²) in [6, 6.07) is 0. The van der Waals surface area contributed by atoms with Gasteiger partial charge in [-0.05, 0) is 37.8 Å². The average Bonchev–Trinajstić information content (AvgIpc) is 2.38. The van der Waals surface area contributed by atoms with Crippen molar-refractivity contribution in [2.45, 2.75) is 65.2 Å². The van der Waals surface area contributed by atoms with Gasteiger partial charge in [0.05, 0.1) is 11.9 Å². The third-order valence-corrected chi connectivity index (χ3v) is 2.46. The second kappa shape index (κ2) is 22.0. The molecule has 116 valence electrons. The van der Waals surface area contributed by atoms with Crippen molar-refractivity contribution in [2.75, 3.05) is 0 Å². The Labute approximate surface area is 158 Å². The van der Waals surface area contributed by atoms with E-state index in [1.807, 2.05) is 0 Å². The molecule has 21 heavy (non-hydrogen) atoms. The first-order chi connectivity index (χ1) is 9.54. The Morgan fingerprint density at radius 1 is 0.762 bits per heavy atom. The van der Waals surface area contributed by atoms with Gasteiger partial charge in [-0.1, -0.05) is 51.7 Å². The molecular formula is C16H26CaO4. The molecule has 0 aliphatic heterocycles. The number of allylic oxidation sites excluding steroid dienone is 2. The van der Waals surface area contributed by atoms with Crippen LogP contribution in [0.5, 0.6) is 0 Å². The quantitative estimate of drug-likeness (QED) is 0.345. The van der Waals surface area contributed by atoms with Crippen molar-refractivity contribution in [3.63, 3.8) is 0 Å².